The Morgan fingerprint density at radius 3 is 2.75 bits per heavy atom. The van der Waals surface area contributed by atoms with Crippen LogP contribution in [0.1, 0.15) is 52.0 Å². The summed E-state index contributed by atoms with van der Waals surface area (Å²) in [4.78, 5) is 14.9. The first kappa shape index (κ1) is 14.6. The highest BCUT2D eigenvalue weighted by Gasteiger charge is 2.24. The maximum absolute atomic E-state index is 11.6. The van der Waals surface area contributed by atoms with E-state index in [1.165, 1.54) is 16.5 Å². The summed E-state index contributed by atoms with van der Waals surface area (Å²) < 4.78 is 0. The molecule has 1 aromatic carbocycles. The molecule has 1 unspecified atom stereocenters. The number of carbonyl (C=O) groups is 1. The molecule has 2 aromatic rings. The zero-order valence-corrected chi connectivity index (χ0v) is 12.8. The molecule has 3 nitrogen and oxygen atoms in total. The van der Waals surface area contributed by atoms with Gasteiger partial charge in [-0.15, -0.1) is 0 Å². The summed E-state index contributed by atoms with van der Waals surface area (Å²) >= 11 is 0. The number of rotatable bonds is 5. The van der Waals surface area contributed by atoms with E-state index < -0.39 is 0 Å². The van der Waals surface area contributed by atoms with Crippen molar-refractivity contribution in [1.82, 2.24) is 10.3 Å². The third kappa shape index (κ3) is 3.21. The van der Waals surface area contributed by atoms with Crippen molar-refractivity contribution >= 4 is 16.8 Å². The summed E-state index contributed by atoms with van der Waals surface area (Å²) in [5, 5.41) is 4.37. The minimum Gasteiger partial charge on any atom is -0.361 e. The molecule has 0 aliphatic rings. The molecule has 0 radical (unpaired) electrons. The fourth-order valence-electron chi connectivity index (χ4n) is 2.89. The maximum atomic E-state index is 11.6. The van der Waals surface area contributed by atoms with Crippen LogP contribution in [-0.4, -0.2) is 16.4 Å². The van der Waals surface area contributed by atoms with Crippen LogP contribution in [-0.2, 0) is 4.79 Å². The highest BCUT2D eigenvalue weighted by molar-refractivity contribution is 5.83. The van der Waals surface area contributed by atoms with Crippen LogP contribution in [0.25, 0.3) is 10.9 Å². The molecular weight excluding hydrogens is 248 g/mol. The van der Waals surface area contributed by atoms with Gasteiger partial charge in [-0.1, -0.05) is 32.0 Å². The van der Waals surface area contributed by atoms with E-state index in [0.29, 0.717) is 12.3 Å². The van der Waals surface area contributed by atoms with Gasteiger partial charge in [0.15, 0.2) is 0 Å². The Hall–Kier alpha value is -1.77. The summed E-state index contributed by atoms with van der Waals surface area (Å²) in [6, 6.07) is 8.35. The number of carbonyl (C=O) groups excluding carboxylic acids is 1. The molecule has 1 amide bonds. The molecule has 3 heteroatoms. The Balaban J connectivity index is 2.15. The van der Waals surface area contributed by atoms with Crippen molar-refractivity contribution in [2.24, 2.45) is 0 Å². The summed E-state index contributed by atoms with van der Waals surface area (Å²) in [6.45, 7) is 8.28. The fourth-order valence-corrected chi connectivity index (χ4v) is 2.89. The molecule has 0 aliphatic carbocycles. The zero-order chi connectivity index (χ0) is 14.8. The van der Waals surface area contributed by atoms with E-state index in [1.54, 1.807) is 0 Å². The third-order valence-electron chi connectivity index (χ3n) is 3.77. The summed E-state index contributed by atoms with van der Waals surface area (Å²) in [7, 11) is 0. The van der Waals surface area contributed by atoms with E-state index in [9.17, 15) is 4.79 Å². The molecule has 0 bridgehead atoms. The Bertz CT molecular complexity index is 598. The minimum absolute atomic E-state index is 0.112. The normalized spacial score (nSPS) is 13.4. The quantitative estimate of drug-likeness (QED) is 0.850. The first-order valence-corrected chi connectivity index (χ1v) is 7.30. The van der Waals surface area contributed by atoms with Crippen molar-refractivity contribution in [2.75, 3.05) is 0 Å². The van der Waals surface area contributed by atoms with Crippen LogP contribution in [0.3, 0.4) is 0 Å². The van der Waals surface area contributed by atoms with Gasteiger partial charge in [0.1, 0.15) is 0 Å². The van der Waals surface area contributed by atoms with Gasteiger partial charge in [0.25, 0.3) is 0 Å². The van der Waals surface area contributed by atoms with Crippen molar-refractivity contribution < 1.29 is 4.79 Å². The van der Waals surface area contributed by atoms with E-state index in [0.717, 1.165) is 6.42 Å². The number of hydrogen-bond acceptors (Lipinski definition) is 1. The van der Waals surface area contributed by atoms with Gasteiger partial charge in [0.2, 0.25) is 5.91 Å². The number of aromatic nitrogens is 1. The van der Waals surface area contributed by atoms with E-state index in [2.05, 4.69) is 55.5 Å². The lowest BCUT2D eigenvalue weighted by atomic mass is 9.87. The van der Waals surface area contributed by atoms with Gasteiger partial charge in [-0.3, -0.25) is 4.79 Å². The number of fused-ring (bicyclic) bond motifs is 1. The Kier molecular flexibility index (Phi) is 4.17. The zero-order valence-electron chi connectivity index (χ0n) is 12.8. The molecule has 108 valence electrons. The van der Waals surface area contributed by atoms with E-state index in [-0.39, 0.29) is 11.4 Å². The number of amides is 1. The first-order valence-electron chi connectivity index (χ1n) is 7.30. The first-order chi connectivity index (χ1) is 9.43. The smallest absolute Gasteiger partial charge is 0.220 e. The lowest BCUT2D eigenvalue weighted by Gasteiger charge is -2.29. The van der Waals surface area contributed by atoms with E-state index in [1.807, 2.05) is 13.0 Å². The van der Waals surface area contributed by atoms with Crippen molar-refractivity contribution in [3.05, 3.63) is 36.0 Å². The van der Waals surface area contributed by atoms with Gasteiger partial charge in [-0.25, -0.2) is 0 Å². The third-order valence-corrected chi connectivity index (χ3v) is 3.77. The van der Waals surface area contributed by atoms with Gasteiger partial charge in [0.05, 0.1) is 0 Å². The van der Waals surface area contributed by atoms with Crippen LogP contribution >= 0.6 is 0 Å². The Labute approximate surface area is 120 Å². The molecule has 1 heterocycles. The van der Waals surface area contributed by atoms with Gasteiger partial charge in [0, 0.05) is 29.1 Å². The number of aromatic amines is 1. The topological polar surface area (TPSA) is 44.9 Å². The average molecular weight is 272 g/mol. The summed E-state index contributed by atoms with van der Waals surface area (Å²) in [5.74, 6) is 0.499. The number of para-hydroxylation sites is 1. The van der Waals surface area contributed by atoms with E-state index >= 15 is 0 Å². The predicted octanol–water partition coefficient (Wildman–Crippen LogP) is 3.97. The SMILES string of the molecule is CCC(=O)NC(C)(C)CC(C)c1c[nH]c2ccccc12. The molecule has 0 spiro atoms. The molecule has 0 saturated heterocycles. The molecule has 1 aromatic heterocycles. The van der Waals surface area contributed by atoms with Crippen molar-refractivity contribution in [1.29, 1.82) is 0 Å². The van der Waals surface area contributed by atoms with Crippen LogP contribution in [0.5, 0.6) is 0 Å². The second-order valence-corrected chi connectivity index (χ2v) is 6.18. The lowest BCUT2D eigenvalue weighted by Crippen LogP contribution is -2.43. The Morgan fingerprint density at radius 1 is 1.35 bits per heavy atom. The average Bonchev–Trinajstić information content (AvgIpc) is 2.81. The van der Waals surface area contributed by atoms with Crippen LogP contribution < -0.4 is 5.32 Å². The standard InChI is InChI=1S/C17H24N2O/c1-5-16(20)19-17(3,4)10-12(2)14-11-18-15-9-7-6-8-13(14)15/h6-9,11-12,18H,5,10H2,1-4H3,(H,19,20). The number of hydrogen-bond donors (Lipinski definition) is 2. The van der Waals surface area contributed by atoms with Gasteiger partial charge in [-0.2, -0.15) is 0 Å². The number of benzene rings is 1. The highest BCUT2D eigenvalue weighted by Crippen LogP contribution is 2.31. The Morgan fingerprint density at radius 2 is 2.05 bits per heavy atom. The monoisotopic (exact) mass is 272 g/mol. The molecule has 0 fully saturated rings. The predicted molar refractivity (Wildman–Crippen MR) is 83.8 cm³/mol. The van der Waals surface area contributed by atoms with Crippen molar-refractivity contribution in [3.63, 3.8) is 0 Å². The molecule has 0 aliphatic heterocycles. The van der Waals surface area contributed by atoms with Crippen LogP contribution in [0.2, 0.25) is 0 Å². The summed E-state index contributed by atoms with van der Waals surface area (Å²) in [6.07, 6.45) is 3.54. The van der Waals surface area contributed by atoms with Gasteiger partial charge in [-0.05, 0) is 37.8 Å². The maximum Gasteiger partial charge on any atom is 0.220 e. The second kappa shape index (κ2) is 5.70. The fraction of sp³-hybridized carbons (Fsp3) is 0.471. The van der Waals surface area contributed by atoms with Crippen LogP contribution in [0.4, 0.5) is 0 Å². The lowest BCUT2D eigenvalue weighted by molar-refractivity contribution is -0.122. The molecule has 2 rings (SSSR count). The minimum atomic E-state index is -0.190. The summed E-state index contributed by atoms with van der Waals surface area (Å²) in [5.41, 5.74) is 2.30. The molecular formula is C17H24N2O. The van der Waals surface area contributed by atoms with Gasteiger partial charge < -0.3 is 10.3 Å². The van der Waals surface area contributed by atoms with Crippen LogP contribution in [0.15, 0.2) is 30.5 Å². The molecule has 20 heavy (non-hydrogen) atoms. The molecule has 2 N–H and O–H groups in total. The van der Waals surface area contributed by atoms with Crippen molar-refractivity contribution in [2.45, 2.75) is 52.0 Å². The van der Waals surface area contributed by atoms with Crippen molar-refractivity contribution in [3.8, 4) is 0 Å². The second-order valence-electron chi connectivity index (χ2n) is 6.18. The molecule has 0 saturated carbocycles. The highest BCUT2D eigenvalue weighted by atomic mass is 16.1. The number of H-pyrrole nitrogens is 1. The van der Waals surface area contributed by atoms with E-state index in [4.69, 9.17) is 0 Å². The number of nitrogens with one attached hydrogen (secondary N) is 2. The van der Waals surface area contributed by atoms with Crippen LogP contribution in [0, 0.1) is 0 Å². The molecule has 1 atom stereocenters. The van der Waals surface area contributed by atoms with Gasteiger partial charge >= 0.3 is 0 Å². The largest absolute Gasteiger partial charge is 0.361 e.